The second kappa shape index (κ2) is 3.87. The SMILES string of the molecule is COCC(C)N1CNC(C)C1=O. The Bertz CT molecular complexity index is 172. The van der Waals surface area contributed by atoms with E-state index in [1.165, 1.54) is 0 Å². The maximum absolute atomic E-state index is 11.4. The molecule has 4 heteroatoms. The lowest BCUT2D eigenvalue weighted by Gasteiger charge is -2.22. The standard InChI is InChI=1S/C8H16N2O2/c1-6(4-12-3)10-5-9-7(2)8(10)11/h6-7,9H,4-5H2,1-3H3. The number of methoxy groups -OCH3 is 1. The van der Waals surface area contributed by atoms with Crippen molar-refractivity contribution in [1.82, 2.24) is 10.2 Å². The van der Waals surface area contributed by atoms with Crippen LogP contribution in [0.4, 0.5) is 0 Å². The molecule has 1 rings (SSSR count). The highest BCUT2D eigenvalue weighted by atomic mass is 16.5. The van der Waals surface area contributed by atoms with Crippen molar-refractivity contribution < 1.29 is 9.53 Å². The molecule has 1 N–H and O–H groups in total. The Hall–Kier alpha value is -0.610. The van der Waals surface area contributed by atoms with Gasteiger partial charge < -0.3 is 9.64 Å². The molecule has 1 heterocycles. The fraction of sp³-hybridized carbons (Fsp3) is 0.875. The van der Waals surface area contributed by atoms with Crippen LogP contribution >= 0.6 is 0 Å². The third-order valence-electron chi connectivity index (χ3n) is 2.16. The minimum atomic E-state index is -0.0377. The van der Waals surface area contributed by atoms with E-state index >= 15 is 0 Å². The third kappa shape index (κ3) is 1.76. The third-order valence-corrected chi connectivity index (χ3v) is 2.16. The van der Waals surface area contributed by atoms with E-state index in [1.54, 1.807) is 12.0 Å². The molecule has 0 bridgehead atoms. The molecule has 0 aromatic rings. The Balaban J connectivity index is 2.47. The first kappa shape index (κ1) is 9.48. The van der Waals surface area contributed by atoms with Crippen molar-refractivity contribution in [3.05, 3.63) is 0 Å². The first-order valence-electron chi connectivity index (χ1n) is 4.19. The van der Waals surface area contributed by atoms with Gasteiger partial charge in [-0.1, -0.05) is 0 Å². The monoisotopic (exact) mass is 172 g/mol. The van der Waals surface area contributed by atoms with Crippen molar-refractivity contribution >= 4 is 5.91 Å². The maximum Gasteiger partial charge on any atom is 0.240 e. The predicted molar refractivity (Wildman–Crippen MR) is 45.6 cm³/mol. The van der Waals surface area contributed by atoms with E-state index in [4.69, 9.17) is 4.74 Å². The maximum atomic E-state index is 11.4. The van der Waals surface area contributed by atoms with Crippen molar-refractivity contribution in [1.29, 1.82) is 0 Å². The van der Waals surface area contributed by atoms with Crippen LogP contribution in [-0.2, 0) is 9.53 Å². The quantitative estimate of drug-likeness (QED) is 0.641. The summed E-state index contributed by atoms with van der Waals surface area (Å²) in [7, 11) is 1.65. The number of hydrogen-bond acceptors (Lipinski definition) is 3. The van der Waals surface area contributed by atoms with Gasteiger partial charge in [0.1, 0.15) is 0 Å². The van der Waals surface area contributed by atoms with Gasteiger partial charge in [0.2, 0.25) is 5.91 Å². The minimum absolute atomic E-state index is 0.0377. The molecule has 1 aliphatic rings. The van der Waals surface area contributed by atoms with E-state index in [9.17, 15) is 4.79 Å². The molecule has 0 spiro atoms. The number of carbonyl (C=O) groups excluding carboxylic acids is 1. The van der Waals surface area contributed by atoms with Gasteiger partial charge in [-0.2, -0.15) is 0 Å². The fourth-order valence-corrected chi connectivity index (χ4v) is 1.35. The molecule has 0 radical (unpaired) electrons. The summed E-state index contributed by atoms with van der Waals surface area (Å²) in [5.74, 6) is 0.166. The van der Waals surface area contributed by atoms with Crippen LogP contribution in [0.1, 0.15) is 13.8 Å². The molecule has 1 aliphatic heterocycles. The summed E-state index contributed by atoms with van der Waals surface area (Å²) < 4.78 is 4.98. The second-order valence-corrected chi connectivity index (χ2v) is 3.20. The molecule has 0 aromatic carbocycles. The van der Waals surface area contributed by atoms with Crippen LogP contribution in [0.5, 0.6) is 0 Å². The first-order valence-corrected chi connectivity index (χ1v) is 4.19. The summed E-state index contributed by atoms with van der Waals surface area (Å²) in [6, 6.07) is 0.129. The number of hydrogen-bond donors (Lipinski definition) is 1. The number of ether oxygens (including phenoxy) is 1. The van der Waals surface area contributed by atoms with Gasteiger partial charge in [0.25, 0.3) is 0 Å². The van der Waals surface area contributed by atoms with E-state index in [-0.39, 0.29) is 18.0 Å². The summed E-state index contributed by atoms with van der Waals surface area (Å²) in [4.78, 5) is 13.2. The average Bonchev–Trinajstić information content (AvgIpc) is 2.34. The van der Waals surface area contributed by atoms with Gasteiger partial charge in [-0.25, -0.2) is 0 Å². The highest BCUT2D eigenvalue weighted by Crippen LogP contribution is 2.07. The molecule has 0 aromatic heterocycles. The number of rotatable bonds is 3. The fourth-order valence-electron chi connectivity index (χ4n) is 1.35. The van der Waals surface area contributed by atoms with Crippen molar-refractivity contribution in [3.63, 3.8) is 0 Å². The zero-order valence-electron chi connectivity index (χ0n) is 7.83. The van der Waals surface area contributed by atoms with Crippen molar-refractivity contribution in [2.75, 3.05) is 20.4 Å². The Morgan fingerprint density at radius 2 is 2.50 bits per heavy atom. The topological polar surface area (TPSA) is 41.6 Å². The largest absolute Gasteiger partial charge is 0.383 e. The van der Waals surface area contributed by atoms with Gasteiger partial charge in [-0.15, -0.1) is 0 Å². The molecule has 1 fully saturated rings. The molecular weight excluding hydrogens is 156 g/mol. The van der Waals surface area contributed by atoms with E-state index in [0.29, 0.717) is 13.3 Å². The van der Waals surface area contributed by atoms with Gasteiger partial charge in [0.05, 0.1) is 25.4 Å². The molecule has 4 nitrogen and oxygen atoms in total. The second-order valence-electron chi connectivity index (χ2n) is 3.20. The van der Waals surface area contributed by atoms with Crippen LogP contribution in [-0.4, -0.2) is 43.3 Å². The van der Waals surface area contributed by atoms with Gasteiger partial charge >= 0.3 is 0 Å². The average molecular weight is 172 g/mol. The zero-order chi connectivity index (χ0) is 9.14. The molecule has 1 amide bonds. The summed E-state index contributed by atoms with van der Waals surface area (Å²) in [6.45, 7) is 5.10. The summed E-state index contributed by atoms with van der Waals surface area (Å²) in [5, 5.41) is 3.08. The predicted octanol–water partition coefficient (Wildman–Crippen LogP) is -0.201. The van der Waals surface area contributed by atoms with Crippen molar-refractivity contribution in [2.45, 2.75) is 25.9 Å². The lowest BCUT2D eigenvalue weighted by atomic mass is 10.3. The van der Waals surface area contributed by atoms with Crippen LogP contribution in [0, 0.1) is 0 Å². The highest BCUT2D eigenvalue weighted by molar-refractivity contribution is 5.83. The van der Waals surface area contributed by atoms with E-state index in [2.05, 4.69) is 5.32 Å². The smallest absolute Gasteiger partial charge is 0.240 e. The lowest BCUT2D eigenvalue weighted by Crippen LogP contribution is -2.38. The number of amides is 1. The van der Waals surface area contributed by atoms with Crippen LogP contribution in [0.25, 0.3) is 0 Å². The first-order chi connectivity index (χ1) is 5.66. The van der Waals surface area contributed by atoms with E-state index in [0.717, 1.165) is 0 Å². The summed E-state index contributed by atoms with van der Waals surface area (Å²) in [5.41, 5.74) is 0. The Morgan fingerprint density at radius 1 is 1.83 bits per heavy atom. The van der Waals surface area contributed by atoms with Crippen molar-refractivity contribution in [3.8, 4) is 0 Å². The van der Waals surface area contributed by atoms with Gasteiger partial charge in [-0.05, 0) is 13.8 Å². The minimum Gasteiger partial charge on any atom is -0.383 e. The van der Waals surface area contributed by atoms with Crippen LogP contribution in [0.2, 0.25) is 0 Å². The van der Waals surface area contributed by atoms with Gasteiger partial charge in [-0.3, -0.25) is 10.1 Å². The van der Waals surface area contributed by atoms with Gasteiger partial charge in [0.15, 0.2) is 0 Å². The molecule has 1 saturated heterocycles. The molecule has 0 aliphatic carbocycles. The molecule has 2 unspecified atom stereocenters. The molecule has 12 heavy (non-hydrogen) atoms. The zero-order valence-corrected chi connectivity index (χ0v) is 7.83. The summed E-state index contributed by atoms with van der Waals surface area (Å²) >= 11 is 0. The summed E-state index contributed by atoms with van der Waals surface area (Å²) in [6.07, 6.45) is 0. The van der Waals surface area contributed by atoms with Crippen LogP contribution in [0.15, 0.2) is 0 Å². The number of carbonyl (C=O) groups is 1. The van der Waals surface area contributed by atoms with E-state index < -0.39 is 0 Å². The number of nitrogens with zero attached hydrogens (tertiary/aromatic N) is 1. The van der Waals surface area contributed by atoms with Gasteiger partial charge in [0, 0.05) is 7.11 Å². The molecule has 70 valence electrons. The molecular formula is C8H16N2O2. The Labute approximate surface area is 72.9 Å². The Kier molecular flexibility index (Phi) is 3.05. The van der Waals surface area contributed by atoms with Crippen LogP contribution < -0.4 is 5.32 Å². The number of nitrogens with one attached hydrogen (secondary N) is 1. The lowest BCUT2D eigenvalue weighted by molar-refractivity contribution is -0.131. The Morgan fingerprint density at radius 3 is 2.92 bits per heavy atom. The van der Waals surface area contributed by atoms with Crippen LogP contribution in [0.3, 0.4) is 0 Å². The highest BCUT2D eigenvalue weighted by Gasteiger charge is 2.30. The van der Waals surface area contributed by atoms with Crippen molar-refractivity contribution in [2.24, 2.45) is 0 Å². The van der Waals surface area contributed by atoms with E-state index in [1.807, 2.05) is 13.8 Å². The molecule has 0 saturated carbocycles. The molecule has 2 atom stereocenters. The normalized spacial score (nSPS) is 26.4.